The van der Waals surface area contributed by atoms with Crippen LogP contribution in [0, 0.1) is 6.92 Å². The summed E-state index contributed by atoms with van der Waals surface area (Å²) in [6, 6.07) is 7.89. The molecule has 15 heavy (non-hydrogen) atoms. The quantitative estimate of drug-likeness (QED) is 0.830. The van der Waals surface area contributed by atoms with Gasteiger partial charge in [0, 0.05) is 5.56 Å². The van der Waals surface area contributed by atoms with Crippen molar-refractivity contribution in [2.24, 2.45) is 4.99 Å². The van der Waals surface area contributed by atoms with Gasteiger partial charge < -0.3 is 5.11 Å². The average molecular weight is 221 g/mol. The summed E-state index contributed by atoms with van der Waals surface area (Å²) in [5, 5.41) is 9.28. The maximum atomic E-state index is 10.8. The Labute approximate surface area is 92.2 Å². The second kappa shape index (κ2) is 4.06. The van der Waals surface area contributed by atoms with E-state index in [1.54, 1.807) is 0 Å². The molecule has 0 aromatic heterocycles. The predicted molar refractivity (Wildman–Crippen MR) is 61.6 cm³/mol. The number of hydrogen-bond donors (Lipinski definition) is 1. The van der Waals surface area contributed by atoms with Crippen LogP contribution in [-0.4, -0.2) is 27.9 Å². The number of carboxylic acid groups (broad SMARTS) is 1. The third kappa shape index (κ3) is 2.04. The summed E-state index contributed by atoms with van der Waals surface area (Å²) in [7, 11) is 0. The highest BCUT2D eigenvalue weighted by Crippen LogP contribution is 2.27. The molecule has 0 amide bonds. The first-order valence-corrected chi connectivity index (χ1v) is 5.56. The van der Waals surface area contributed by atoms with Crippen LogP contribution in [0.15, 0.2) is 29.3 Å². The fraction of sp³-hybridized carbons (Fsp3) is 0.273. The van der Waals surface area contributed by atoms with Crippen molar-refractivity contribution in [2.75, 3.05) is 6.54 Å². The Hall–Kier alpha value is -1.29. The van der Waals surface area contributed by atoms with Gasteiger partial charge in [-0.05, 0) is 12.5 Å². The smallest absolute Gasteiger partial charge is 0.318 e. The first-order valence-electron chi connectivity index (χ1n) is 4.68. The third-order valence-electron chi connectivity index (χ3n) is 2.31. The van der Waals surface area contributed by atoms with Crippen LogP contribution < -0.4 is 0 Å². The van der Waals surface area contributed by atoms with Crippen molar-refractivity contribution in [3.8, 4) is 0 Å². The van der Waals surface area contributed by atoms with Crippen molar-refractivity contribution < 1.29 is 9.90 Å². The highest BCUT2D eigenvalue weighted by atomic mass is 32.2. The molecule has 1 aromatic rings. The zero-order valence-corrected chi connectivity index (χ0v) is 9.12. The van der Waals surface area contributed by atoms with Gasteiger partial charge in [0.15, 0.2) is 0 Å². The van der Waals surface area contributed by atoms with Gasteiger partial charge in [-0.1, -0.05) is 36.0 Å². The van der Waals surface area contributed by atoms with E-state index in [0.29, 0.717) is 6.54 Å². The molecular formula is C11H11NO2S. The second-order valence-corrected chi connectivity index (χ2v) is 4.60. The second-order valence-electron chi connectivity index (χ2n) is 3.41. The van der Waals surface area contributed by atoms with Crippen molar-refractivity contribution >= 4 is 22.8 Å². The van der Waals surface area contributed by atoms with E-state index >= 15 is 0 Å². The van der Waals surface area contributed by atoms with Gasteiger partial charge in [-0.15, -0.1) is 0 Å². The Balaban J connectivity index is 2.21. The minimum absolute atomic E-state index is 0.379. The van der Waals surface area contributed by atoms with Crippen LogP contribution in [-0.2, 0) is 4.79 Å². The van der Waals surface area contributed by atoms with E-state index < -0.39 is 11.2 Å². The molecule has 1 atom stereocenters. The minimum atomic E-state index is -0.785. The molecule has 1 aliphatic heterocycles. The molecule has 4 heteroatoms. The number of nitrogens with zero attached hydrogens (tertiary/aromatic N) is 1. The Kier molecular flexibility index (Phi) is 2.77. The van der Waals surface area contributed by atoms with Gasteiger partial charge in [-0.25, -0.2) is 0 Å². The predicted octanol–water partition coefficient (Wildman–Crippen LogP) is 1.94. The number of hydrogen-bond acceptors (Lipinski definition) is 3. The lowest BCUT2D eigenvalue weighted by Gasteiger charge is -2.05. The number of thioether (sulfide) groups is 1. The topological polar surface area (TPSA) is 49.7 Å². The van der Waals surface area contributed by atoms with Crippen molar-refractivity contribution in [3.05, 3.63) is 35.4 Å². The first kappa shape index (κ1) is 10.2. The maximum Gasteiger partial charge on any atom is 0.318 e. The lowest BCUT2D eigenvalue weighted by Crippen LogP contribution is -2.16. The molecule has 0 fully saturated rings. The number of rotatable bonds is 2. The molecule has 1 heterocycles. The molecule has 0 aliphatic carbocycles. The Morgan fingerprint density at radius 2 is 2.27 bits per heavy atom. The van der Waals surface area contributed by atoms with E-state index in [1.807, 2.05) is 31.2 Å². The molecule has 0 saturated heterocycles. The number of aliphatic imine (C=N–C) groups is 1. The molecular weight excluding hydrogens is 210 g/mol. The van der Waals surface area contributed by atoms with Crippen LogP contribution in [0.3, 0.4) is 0 Å². The van der Waals surface area contributed by atoms with Crippen LogP contribution in [0.25, 0.3) is 0 Å². The summed E-state index contributed by atoms with van der Waals surface area (Å²) in [5.74, 6) is -0.785. The zero-order valence-electron chi connectivity index (χ0n) is 8.30. The number of carbonyl (C=O) groups is 1. The number of aryl methyl sites for hydroxylation is 1. The zero-order chi connectivity index (χ0) is 10.8. The standard InChI is InChI=1S/C11H11NO2S/c1-7-4-2-3-5-8(7)10-12-6-9(15-10)11(13)14/h2-5,9H,6H2,1H3,(H,13,14). The Bertz CT molecular complexity index is 428. The third-order valence-corrected chi connectivity index (χ3v) is 3.51. The highest BCUT2D eigenvalue weighted by molar-refractivity contribution is 8.15. The van der Waals surface area contributed by atoms with Crippen molar-refractivity contribution in [1.82, 2.24) is 0 Å². The van der Waals surface area contributed by atoms with Crippen molar-refractivity contribution in [3.63, 3.8) is 0 Å². The van der Waals surface area contributed by atoms with Gasteiger partial charge in [0.25, 0.3) is 0 Å². The van der Waals surface area contributed by atoms with Gasteiger partial charge in [-0.3, -0.25) is 9.79 Å². The van der Waals surface area contributed by atoms with Gasteiger partial charge >= 0.3 is 5.97 Å². The summed E-state index contributed by atoms with van der Waals surface area (Å²) in [5.41, 5.74) is 2.18. The highest BCUT2D eigenvalue weighted by Gasteiger charge is 2.26. The number of carboxylic acids is 1. The molecule has 0 bridgehead atoms. The van der Waals surface area contributed by atoms with Gasteiger partial charge in [0.1, 0.15) is 5.25 Å². The molecule has 1 aliphatic rings. The summed E-state index contributed by atoms with van der Waals surface area (Å²) in [6.45, 7) is 2.39. The lowest BCUT2D eigenvalue weighted by molar-refractivity contribution is -0.136. The van der Waals surface area contributed by atoms with Crippen molar-refractivity contribution in [1.29, 1.82) is 0 Å². The average Bonchev–Trinajstić information content (AvgIpc) is 2.67. The van der Waals surface area contributed by atoms with Gasteiger partial charge in [0.05, 0.1) is 11.6 Å². The Morgan fingerprint density at radius 3 is 2.87 bits per heavy atom. The van der Waals surface area contributed by atoms with E-state index in [1.165, 1.54) is 11.8 Å². The van der Waals surface area contributed by atoms with E-state index in [4.69, 9.17) is 5.11 Å². The SMILES string of the molecule is Cc1ccccc1C1=NCC(C(=O)O)S1. The summed E-state index contributed by atoms with van der Waals surface area (Å²) in [6.07, 6.45) is 0. The van der Waals surface area contributed by atoms with E-state index in [2.05, 4.69) is 4.99 Å². The molecule has 1 N–H and O–H groups in total. The molecule has 0 spiro atoms. The number of benzene rings is 1. The normalized spacial score (nSPS) is 20.1. The molecule has 1 aromatic carbocycles. The van der Waals surface area contributed by atoms with E-state index in [9.17, 15) is 4.79 Å². The molecule has 0 radical (unpaired) electrons. The number of aliphatic carboxylic acids is 1. The van der Waals surface area contributed by atoms with Crippen LogP contribution in [0.4, 0.5) is 0 Å². The van der Waals surface area contributed by atoms with Gasteiger partial charge in [-0.2, -0.15) is 0 Å². The molecule has 1 unspecified atom stereocenters. The first-order chi connectivity index (χ1) is 7.18. The fourth-order valence-corrected chi connectivity index (χ4v) is 2.49. The van der Waals surface area contributed by atoms with Crippen LogP contribution in [0.1, 0.15) is 11.1 Å². The van der Waals surface area contributed by atoms with Crippen LogP contribution in [0.2, 0.25) is 0 Å². The summed E-state index contributed by atoms with van der Waals surface area (Å²) >= 11 is 1.34. The van der Waals surface area contributed by atoms with Crippen LogP contribution in [0.5, 0.6) is 0 Å². The molecule has 78 valence electrons. The molecule has 2 rings (SSSR count). The minimum Gasteiger partial charge on any atom is -0.480 e. The maximum absolute atomic E-state index is 10.8. The Morgan fingerprint density at radius 1 is 1.53 bits per heavy atom. The largest absolute Gasteiger partial charge is 0.480 e. The fourth-order valence-electron chi connectivity index (χ4n) is 1.47. The van der Waals surface area contributed by atoms with E-state index in [0.717, 1.165) is 16.2 Å². The monoisotopic (exact) mass is 221 g/mol. The van der Waals surface area contributed by atoms with Crippen LogP contribution >= 0.6 is 11.8 Å². The summed E-state index contributed by atoms with van der Waals surface area (Å²) in [4.78, 5) is 15.0. The van der Waals surface area contributed by atoms with Gasteiger partial charge in [0.2, 0.25) is 0 Å². The summed E-state index contributed by atoms with van der Waals surface area (Å²) < 4.78 is 0. The lowest BCUT2D eigenvalue weighted by atomic mass is 10.1. The van der Waals surface area contributed by atoms with Crippen molar-refractivity contribution in [2.45, 2.75) is 12.2 Å². The molecule has 0 saturated carbocycles. The van der Waals surface area contributed by atoms with E-state index in [-0.39, 0.29) is 0 Å². The molecule has 3 nitrogen and oxygen atoms in total.